The Labute approximate surface area is 80.8 Å². The number of halogens is 1. The lowest BCUT2D eigenvalue weighted by Gasteiger charge is -1.93. The second-order valence-electron chi connectivity index (χ2n) is 2.01. The van der Waals surface area contributed by atoms with Crippen LogP contribution in [0.25, 0.3) is 10.3 Å². The Bertz CT molecular complexity index is 416. The van der Waals surface area contributed by atoms with Crippen molar-refractivity contribution < 1.29 is 4.74 Å². The average molecular weight is 246 g/mol. The van der Waals surface area contributed by atoms with Crippen LogP contribution in [-0.2, 0) is 0 Å². The number of thiazole rings is 1. The molecule has 0 unspecified atom stereocenters. The fourth-order valence-electron chi connectivity index (χ4n) is 0.793. The Morgan fingerprint density at radius 3 is 3.08 bits per heavy atom. The minimum atomic E-state index is 0.348. The summed E-state index contributed by atoms with van der Waals surface area (Å²) in [6.45, 7) is 0. The Morgan fingerprint density at radius 2 is 2.33 bits per heavy atom. The molecule has 0 saturated heterocycles. The Hall–Kier alpha value is -0.750. The molecule has 2 aromatic rings. The maximum Gasteiger partial charge on any atom is 0.318 e. The number of ether oxygens (including phenoxy) is 1. The monoisotopic (exact) mass is 245 g/mol. The van der Waals surface area contributed by atoms with Crippen LogP contribution in [0.3, 0.4) is 0 Å². The first-order chi connectivity index (χ1) is 5.79. The highest BCUT2D eigenvalue weighted by molar-refractivity contribution is 9.11. The van der Waals surface area contributed by atoms with Crippen molar-refractivity contribution >= 4 is 37.6 Å². The van der Waals surface area contributed by atoms with E-state index in [1.165, 1.54) is 18.4 Å². The van der Waals surface area contributed by atoms with Gasteiger partial charge in [0.1, 0.15) is 0 Å². The number of nitrogens with zero attached hydrogens (tertiary/aromatic N) is 3. The van der Waals surface area contributed by atoms with Gasteiger partial charge in [0.25, 0.3) is 0 Å². The molecule has 2 heterocycles. The Kier molecular flexibility index (Phi) is 1.93. The van der Waals surface area contributed by atoms with Gasteiger partial charge in [-0.25, -0.2) is 9.97 Å². The van der Waals surface area contributed by atoms with Gasteiger partial charge in [-0.3, -0.25) is 0 Å². The van der Waals surface area contributed by atoms with Crippen molar-refractivity contribution in [1.29, 1.82) is 0 Å². The molecule has 4 nitrogen and oxygen atoms in total. The molecule has 0 aliphatic heterocycles. The van der Waals surface area contributed by atoms with Gasteiger partial charge in [-0.15, -0.1) is 11.3 Å². The zero-order chi connectivity index (χ0) is 8.55. The molecule has 12 heavy (non-hydrogen) atoms. The molecule has 0 bridgehead atoms. The van der Waals surface area contributed by atoms with E-state index in [4.69, 9.17) is 4.74 Å². The van der Waals surface area contributed by atoms with E-state index in [0.717, 1.165) is 8.62 Å². The van der Waals surface area contributed by atoms with Gasteiger partial charge in [-0.05, 0) is 15.9 Å². The summed E-state index contributed by atoms with van der Waals surface area (Å²) < 4.78 is 6.61. The highest BCUT2D eigenvalue weighted by Gasteiger charge is 2.04. The van der Waals surface area contributed by atoms with Crippen molar-refractivity contribution in [3.8, 4) is 6.01 Å². The van der Waals surface area contributed by atoms with E-state index in [1.807, 2.05) is 0 Å². The third-order valence-electron chi connectivity index (χ3n) is 1.28. The van der Waals surface area contributed by atoms with Crippen LogP contribution >= 0.6 is 27.3 Å². The van der Waals surface area contributed by atoms with E-state index in [-0.39, 0.29) is 0 Å². The van der Waals surface area contributed by atoms with Gasteiger partial charge in [0.2, 0.25) is 0 Å². The second-order valence-corrected chi connectivity index (χ2v) is 4.32. The maximum absolute atomic E-state index is 4.86. The summed E-state index contributed by atoms with van der Waals surface area (Å²) in [6.07, 6.45) is 1.70. The molecular formula is C6H4BrN3OS. The molecule has 0 aromatic carbocycles. The van der Waals surface area contributed by atoms with Crippen LogP contribution in [0, 0.1) is 0 Å². The molecule has 0 radical (unpaired) electrons. The third-order valence-corrected chi connectivity index (χ3v) is 2.72. The zero-order valence-electron chi connectivity index (χ0n) is 6.11. The van der Waals surface area contributed by atoms with E-state index in [9.17, 15) is 0 Å². The number of methoxy groups -OCH3 is 1. The van der Waals surface area contributed by atoms with Crippen molar-refractivity contribution in [3.63, 3.8) is 0 Å². The summed E-state index contributed by atoms with van der Waals surface area (Å²) in [7, 11) is 1.53. The summed E-state index contributed by atoms with van der Waals surface area (Å²) >= 11 is 4.77. The van der Waals surface area contributed by atoms with Crippen LogP contribution in [0.2, 0.25) is 0 Å². The summed E-state index contributed by atoms with van der Waals surface area (Å²) in [4.78, 5) is 12.1. The Balaban J connectivity index is 2.66. The van der Waals surface area contributed by atoms with E-state index >= 15 is 0 Å². The number of aromatic nitrogens is 3. The van der Waals surface area contributed by atoms with Crippen molar-refractivity contribution in [2.75, 3.05) is 7.11 Å². The number of rotatable bonds is 1. The van der Waals surface area contributed by atoms with Crippen LogP contribution in [0.5, 0.6) is 6.01 Å². The number of fused-ring (bicyclic) bond motifs is 1. The molecular weight excluding hydrogens is 242 g/mol. The molecule has 0 atom stereocenters. The van der Waals surface area contributed by atoms with Crippen LogP contribution in [0.4, 0.5) is 0 Å². The van der Waals surface area contributed by atoms with Gasteiger partial charge in [-0.1, -0.05) is 0 Å². The summed E-state index contributed by atoms with van der Waals surface area (Å²) in [5.74, 6) is 0. The molecule has 0 aliphatic rings. The molecule has 6 heteroatoms. The van der Waals surface area contributed by atoms with Crippen molar-refractivity contribution in [2.45, 2.75) is 0 Å². The predicted octanol–water partition coefficient (Wildman–Crippen LogP) is 1.86. The summed E-state index contributed by atoms with van der Waals surface area (Å²) in [6, 6.07) is 0.348. The fraction of sp³-hybridized carbons (Fsp3) is 0.167. The minimum absolute atomic E-state index is 0.348. The van der Waals surface area contributed by atoms with Gasteiger partial charge in [0.05, 0.1) is 18.0 Å². The number of hydrogen-bond donors (Lipinski definition) is 0. The van der Waals surface area contributed by atoms with Crippen LogP contribution in [-0.4, -0.2) is 22.1 Å². The van der Waals surface area contributed by atoms with E-state index < -0.39 is 0 Å². The molecule has 62 valence electrons. The number of hydrogen-bond acceptors (Lipinski definition) is 5. The lowest BCUT2D eigenvalue weighted by atomic mass is 10.6. The zero-order valence-corrected chi connectivity index (χ0v) is 8.52. The van der Waals surface area contributed by atoms with Gasteiger partial charge in [-0.2, -0.15) is 4.98 Å². The smallest absolute Gasteiger partial charge is 0.318 e. The molecule has 2 rings (SSSR count). The molecule has 2 aromatic heterocycles. The topological polar surface area (TPSA) is 47.9 Å². The van der Waals surface area contributed by atoms with E-state index in [1.54, 1.807) is 6.20 Å². The lowest BCUT2D eigenvalue weighted by Crippen LogP contribution is -1.90. The first-order valence-corrected chi connectivity index (χ1v) is 4.73. The van der Waals surface area contributed by atoms with Gasteiger partial charge in [0, 0.05) is 0 Å². The highest BCUT2D eigenvalue weighted by Crippen LogP contribution is 2.24. The lowest BCUT2D eigenvalue weighted by molar-refractivity contribution is 0.381. The second kappa shape index (κ2) is 2.95. The van der Waals surface area contributed by atoms with Crippen molar-refractivity contribution in [3.05, 3.63) is 10.1 Å². The summed E-state index contributed by atoms with van der Waals surface area (Å²) in [5.41, 5.74) is 0.665. The SMILES string of the molecule is COc1ncc2sc(Br)nc2n1. The average Bonchev–Trinajstić information content (AvgIpc) is 2.43. The van der Waals surface area contributed by atoms with Crippen LogP contribution < -0.4 is 4.74 Å². The maximum atomic E-state index is 4.86. The van der Waals surface area contributed by atoms with Gasteiger partial charge in [0.15, 0.2) is 9.56 Å². The fourth-order valence-corrected chi connectivity index (χ4v) is 2.09. The third kappa shape index (κ3) is 1.27. The largest absolute Gasteiger partial charge is 0.467 e. The quantitative estimate of drug-likeness (QED) is 0.770. The molecule has 0 aliphatic carbocycles. The molecule has 0 saturated carbocycles. The molecule has 0 spiro atoms. The van der Waals surface area contributed by atoms with Gasteiger partial charge < -0.3 is 4.74 Å². The first-order valence-electron chi connectivity index (χ1n) is 3.12. The van der Waals surface area contributed by atoms with Crippen molar-refractivity contribution in [2.24, 2.45) is 0 Å². The standard InChI is InChI=1S/C6H4BrN3OS/c1-11-6-8-2-3-4(10-6)9-5(7)12-3/h2H,1H3. The van der Waals surface area contributed by atoms with Crippen LogP contribution in [0.1, 0.15) is 0 Å². The van der Waals surface area contributed by atoms with Crippen molar-refractivity contribution in [1.82, 2.24) is 15.0 Å². The first kappa shape index (κ1) is 7.88. The molecule has 0 N–H and O–H groups in total. The normalized spacial score (nSPS) is 10.5. The van der Waals surface area contributed by atoms with E-state index in [2.05, 4.69) is 30.9 Å². The predicted molar refractivity (Wildman–Crippen MR) is 49.5 cm³/mol. The molecule has 0 amide bonds. The minimum Gasteiger partial charge on any atom is -0.467 e. The van der Waals surface area contributed by atoms with Gasteiger partial charge >= 0.3 is 6.01 Å². The summed E-state index contributed by atoms with van der Waals surface area (Å²) in [5, 5.41) is 0. The Morgan fingerprint density at radius 1 is 1.50 bits per heavy atom. The molecule has 0 fully saturated rings. The van der Waals surface area contributed by atoms with E-state index in [0.29, 0.717) is 11.7 Å². The van der Waals surface area contributed by atoms with Crippen LogP contribution in [0.15, 0.2) is 10.1 Å². The highest BCUT2D eigenvalue weighted by atomic mass is 79.9.